The molecule has 0 spiro atoms. The summed E-state index contributed by atoms with van der Waals surface area (Å²) in [6.07, 6.45) is 0.967. The van der Waals surface area contributed by atoms with Crippen LogP contribution in [-0.2, 0) is 9.47 Å². The van der Waals surface area contributed by atoms with Gasteiger partial charge in [-0.15, -0.1) is 0 Å². The number of nitrogens with zero attached hydrogens (tertiary/aromatic N) is 1. The number of ether oxygens (including phenoxy) is 2. The first-order valence-corrected chi connectivity index (χ1v) is 6.37. The SMILES string of the molecule is COCCOCCCN(C)c1ccc(C(=N)N)cc1. The Morgan fingerprint density at radius 1 is 1.21 bits per heavy atom. The highest BCUT2D eigenvalue weighted by molar-refractivity contribution is 5.95. The molecule has 1 aromatic carbocycles. The fourth-order valence-corrected chi connectivity index (χ4v) is 1.67. The Kier molecular flexibility index (Phi) is 6.92. The van der Waals surface area contributed by atoms with E-state index >= 15 is 0 Å². The van der Waals surface area contributed by atoms with Crippen LogP contribution >= 0.6 is 0 Å². The zero-order chi connectivity index (χ0) is 14.1. The minimum atomic E-state index is 0.0979. The van der Waals surface area contributed by atoms with Gasteiger partial charge in [0.1, 0.15) is 5.84 Å². The van der Waals surface area contributed by atoms with E-state index in [-0.39, 0.29) is 5.84 Å². The Balaban J connectivity index is 2.29. The number of nitrogens with one attached hydrogen (secondary N) is 1. The number of nitrogen functional groups attached to an aromatic ring is 1. The summed E-state index contributed by atoms with van der Waals surface area (Å²) < 4.78 is 10.3. The van der Waals surface area contributed by atoms with Crippen LogP contribution in [0.3, 0.4) is 0 Å². The predicted molar refractivity (Wildman–Crippen MR) is 78.0 cm³/mol. The summed E-state index contributed by atoms with van der Waals surface area (Å²) >= 11 is 0. The first kappa shape index (κ1) is 15.5. The van der Waals surface area contributed by atoms with Crippen LogP contribution in [0.1, 0.15) is 12.0 Å². The zero-order valence-corrected chi connectivity index (χ0v) is 11.7. The summed E-state index contributed by atoms with van der Waals surface area (Å²) in [5, 5.41) is 7.34. The maximum Gasteiger partial charge on any atom is 0.122 e. The average Bonchev–Trinajstić information content (AvgIpc) is 2.42. The van der Waals surface area contributed by atoms with E-state index in [0.717, 1.165) is 30.8 Å². The molecule has 3 N–H and O–H groups in total. The van der Waals surface area contributed by atoms with Gasteiger partial charge in [-0.05, 0) is 30.7 Å². The van der Waals surface area contributed by atoms with Crippen molar-refractivity contribution in [2.24, 2.45) is 5.73 Å². The molecular weight excluding hydrogens is 242 g/mol. The van der Waals surface area contributed by atoms with E-state index in [0.29, 0.717) is 13.2 Å². The first-order valence-electron chi connectivity index (χ1n) is 6.37. The first-order chi connectivity index (χ1) is 9.15. The summed E-state index contributed by atoms with van der Waals surface area (Å²) in [7, 11) is 3.71. The Hall–Kier alpha value is -1.59. The maximum atomic E-state index is 7.34. The van der Waals surface area contributed by atoms with E-state index in [1.807, 2.05) is 31.3 Å². The average molecular weight is 265 g/mol. The molecular formula is C14H23N3O2. The van der Waals surface area contributed by atoms with Gasteiger partial charge in [0.2, 0.25) is 0 Å². The van der Waals surface area contributed by atoms with Gasteiger partial charge in [-0.1, -0.05) is 0 Å². The number of nitrogens with two attached hydrogens (primary N) is 1. The van der Waals surface area contributed by atoms with Crippen LogP contribution in [0, 0.1) is 5.41 Å². The molecule has 1 aromatic rings. The third-order valence-electron chi connectivity index (χ3n) is 2.83. The molecule has 0 atom stereocenters. The monoisotopic (exact) mass is 265 g/mol. The Morgan fingerprint density at radius 3 is 2.47 bits per heavy atom. The highest BCUT2D eigenvalue weighted by atomic mass is 16.5. The molecule has 0 amide bonds. The molecule has 0 unspecified atom stereocenters. The van der Waals surface area contributed by atoms with Gasteiger partial charge in [0, 0.05) is 38.6 Å². The second-order valence-electron chi connectivity index (χ2n) is 4.34. The van der Waals surface area contributed by atoms with Gasteiger partial charge >= 0.3 is 0 Å². The van der Waals surface area contributed by atoms with Crippen LogP contribution in [0.4, 0.5) is 5.69 Å². The quantitative estimate of drug-likeness (QED) is 0.403. The van der Waals surface area contributed by atoms with Crippen molar-refractivity contribution >= 4 is 11.5 Å². The van der Waals surface area contributed by atoms with Gasteiger partial charge in [-0.25, -0.2) is 0 Å². The topological polar surface area (TPSA) is 71.6 Å². The second kappa shape index (κ2) is 8.50. The number of amidine groups is 1. The summed E-state index contributed by atoms with van der Waals surface area (Å²) in [5.74, 6) is 0.0979. The smallest absolute Gasteiger partial charge is 0.122 e. The molecule has 0 saturated carbocycles. The summed E-state index contributed by atoms with van der Waals surface area (Å²) in [4.78, 5) is 2.16. The molecule has 0 aliphatic rings. The van der Waals surface area contributed by atoms with Crippen LogP contribution in [0.25, 0.3) is 0 Å². The number of benzene rings is 1. The van der Waals surface area contributed by atoms with Gasteiger partial charge < -0.3 is 20.1 Å². The van der Waals surface area contributed by atoms with Crippen molar-refractivity contribution in [2.75, 3.05) is 45.4 Å². The van der Waals surface area contributed by atoms with E-state index in [4.69, 9.17) is 20.6 Å². The molecule has 0 bridgehead atoms. The van der Waals surface area contributed by atoms with Crippen molar-refractivity contribution in [1.82, 2.24) is 0 Å². The Labute approximate surface area is 114 Å². The van der Waals surface area contributed by atoms with Crippen LogP contribution in [0.15, 0.2) is 24.3 Å². The number of methoxy groups -OCH3 is 1. The second-order valence-corrected chi connectivity index (χ2v) is 4.34. The largest absolute Gasteiger partial charge is 0.384 e. The summed E-state index contributed by atoms with van der Waals surface area (Å²) in [6, 6.07) is 7.68. The third kappa shape index (κ3) is 5.72. The van der Waals surface area contributed by atoms with E-state index in [2.05, 4.69) is 4.90 Å². The van der Waals surface area contributed by atoms with Gasteiger partial charge in [-0.3, -0.25) is 5.41 Å². The van der Waals surface area contributed by atoms with Gasteiger partial charge in [-0.2, -0.15) is 0 Å². The number of anilines is 1. The fraction of sp³-hybridized carbons (Fsp3) is 0.500. The van der Waals surface area contributed by atoms with Crippen molar-refractivity contribution in [3.8, 4) is 0 Å². The standard InChI is InChI=1S/C14H23N3O2/c1-17(8-3-9-19-11-10-18-2)13-6-4-12(5-7-13)14(15)16/h4-7H,3,8-11H2,1-2H3,(H3,15,16). The third-order valence-corrected chi connectivity index (χ3v) is 2.83. The zero-order valence-electron chi connectivity index (χ0n) is 11.7. The minimum absolute atomic E-state index is 0.0979. The van der Waals surface area contributed by atoms with Crippen LogP contribution in [0.2, 0.25) is 0 Å². The predicted octanol–water partition coefficient (Wildman–Crippen LogP) is 1.46. The van der Waals surface area contributed by atoms with E-state index in [9.17, 15) is 0 Å². The molecule has 106 valence electrons. The molecule has 19 heavy (non-hydrogen) atoms. The van der Waals surface area contributed by atoms with E-state index < -0.39 is 0 Å². The molecule has 0 heterocycles. The Morgan fingerprint density at radius 2 is 1.89 bits per heavy atom. The molecule has 1 rings (SSSR count). The lowest BCUT2D eigenvalue weighted by atomic mass is 10.2. The van der Waals surface area contributed by atoms with Crippen LogP contribution in [0.5, 0.6) is 0 Å². The summed E-state index contributed by atoms with van der Waals surface area (Å²) in [5.41, 5.74) is 7.28. The molecule has 0 radical (unpaired) electrons. The lowest BCUT2D eigenvalue weighted by Gasteiger charge is -2.19. The minimum Gasteiger partial charge on any atom is -0.384 e. The van der Waals surface area contributed by atoms with Gasteiger partial charge in [0.05, 0.1) is 13.2 Å². The molecule has 0 aliphatic carbocycles. The van der Waals surface area contributed by atoms with E-state index in [1.54, 1.807) is 7.11 Å². The van der Waals surface area contributed by atoms with Crippen molar-refractivity contribution in [3.63, 3.8) is 0 Å². The van der Waals surface area contributed by atoms with Crippen molar-refractivity contribution in [1.29, 1.82) is 5.41 Å². The fourth-order valence-electron chi connectivity index (χ4n) is 1.67. The molecule has 5 nitrogen and oxygen atoms in total. The Bertz CT molecular complexity index is 379. The lowest BCUT2D eigenvalue weighted by Crippen LogP contribution is -2.20. The molecule has 0 aromatic heterocycles. The van der Waals surface area contributed by atoms with Crippen LogP contribution in [-0.4, -0.2) is 46.4 Å². The van der Waals surface area contributed by atoms with Gasteiger partial charge in [0.25, 0.3) is 0 Å². The highest BCUT2D eigenvalue weighted by Gasteiger charge is 2.02. The summed E-state index contributed by atoms with van der Waals surface area (Å²) in [6.45, 7) is 2.95. The number of rotatable bonds is 9. The number of hydrogen-bond donors (Lipinski definition) is 2. The van der Waals surface area contributed by atoms with Crippen molar-refractivity contribution in [2.45, 2.75) is 6.42 Å². The molecule has 5 heteroatoms. The van der Waals surface area contributed by atoms with Gasteiger partial charge in [0.15, 0.2) is 0 Å². The lowest BCUT2D eigenvalue weighted by molar-refractivity contribution is 0.0701. The van der Waals surface area contributed by atoms with Crippen molar-refractivity contribution in [3.05, 3.63) is 29.8 Å². The van der Waals surface area contributed by atoms with E-state index in [1.165, 1.54) is 0 Å². The number of hydrogen-bond acceptors (Lipinski definition) is 4. The molecule has 0 aliphatic heterocycles. The molecule has 0 saturated heterocycles. The normalized spacial score (nSPS) is 10.4. The maximum absolute atomic E-state index is 7.34. The van der Waals surface area contributed by atoms with Crippen molar-refractivity contribution < 1.29 is 9.47 Å². The highest BCUT2D eigenvalue weighted by Crippen LogP contribution is 2.13. The molecule has 0 fully saturated rings. The van der Waals surface area contributed by atoms with Crippen LogP contribution < -0.4 is 10.6 Å².